The zero-order valence-electron chi connectivity index (χ0n) is 17.8. The molecule has 0 saturated heterocycles. The number of phenols is 1. The van der Waals surface area contributed by atoms with E-state index in [9.17, 15) is 20.1 Å². The van der Waals surface area contributed by atoms with Gasteiger partial charge in [0.05, 0.1) is 11.3 Å². The molecule has 0 atom stereocenters. The number of rotatable bonds is 7. The zero-order chi connectivity index (χ0) is 21.9. The highest BCUT2D eigenvalue weighted by Gasteiger charge is 2.23. The molecule has 2 rings (SSSR count). The van der Waals surface area contributed by atoms with Crippen molar-refractivity contribution in [2.45, 2.75) is 33.6 Å². The van der Waals surface area contributed by atoms with Gasteiger partial charge in [0.1, 0.15) is 5.69 Å². The lowest BCUT2D eigenvalue weighted by molar-refractivity contribution is 0.0824. The van der Waals surface area contributed by atoms with Gasteiger partial charge in [-0.15, -0.1) is 0 Å². The Balaban J connectivity index is 2.47. The van der Waals surface area contributed by atoms with E-state index in [2.05, 4.69) is 24.2 Å². The van der Waals surface area contributed by atoms with Crippen LogP contribution in [0.15, 0.2) is 23.2 Å². The second kappa shape index (κ2) is 8.89. The standard InChI is InChI=1S/C21H30N4O4/c1-12(2)10-11-13(3)22-16-17(21(29)25(6)20(16)28)23-15-9-7-8-14(18(15)26)19(27)24(4)5/h7-9,12,23,26,28-29H,10-11H2,1-6H3. The lowest BCUT2D eigenvalue weighted by Crippen LogP contribution is -2.21. The van der Waals surface area contributed by atoms with Gasteiger partial charge in [-0.1, -0.05) is 19.9 Å². The van der Waals surface area contributed by atoms with E-state index in [0.717, 1.165) is 18.6 Å². The van der Waals surface area contributed by atoms with Gasteiger partial charge < -0.3 is 25.5 Å². The number of carbonyl (C=O) groups is 1. The first-order valence-electron chi connectivity index (χ1n) is 9.50. The molecule has 0 fully saturated rings. The molecule has 0 aliphatic carbocycles. The van der Waals surface area contributed by atoms with Gasteiger partial charge in [-0.05, 0) is 37.8 Å². The molecule has 0 bridgehead atoms. The minimum Gasteiger partial charge on any atom is -0.505 e. The molecule has 0 saturated carbocycles. The van der Waals surface area contributed by atoms with Crippen molar-refractivity contribution in [2.24, 2.45) is 18.0 Å². The van der Waals surface area contributed by atoms with E-state index >= 15 is 0 Å². The molecule has 0 unspecified atom stereocenters. The summed E-state index contributed by atoms with van der Waals surface area (Å²) in [5, 5.41) is 34.4. The van der Waals surface area contributed by atoms with Crippen molar-refractivity contribution < 1.29 is 20.1 Å². The summed E-state index contributed by atoms with van der Waals surface area (Å²) in [7, 11) is 4.69. The van der Waals surface area contributed by atoms with Crippen LogP contribution in [0.1, 0.15) is 44.0 Å². The summed E-state index contributed by atoms with van der Waals surface area (Å²) in [6.07, 6.45) is 1.71. The predicted octanol–water partition coefficient (Wildman–Crippen LogP) is 4.12. The van der Waals surface area contributed by atoms with Gasteiger partial charge in [-0.3, -0.25) is 14.4 Å². The van der Waals surface area contributed by atoms with E-state index in [1.807, 2.05) is 6.92 Å². The van der Waals surface area contributed by atoms with Crippen LogP contribution in [0.25, 0.3) is 0 Å². The first-order chi connectivity index (χ1) is 13.5. The second-order valence-electron chi connectivity index (χ2n) is 7.74. The van der Waals surface area contributed by atoms with Gasteiger partial charge in [0.25, 0.3) is 5.91 Å². The summed E-state index contributed by atoms with van der Waals surface area (Å²) < 4.78 is 1.20. The molecule has 0 aliphatic rings. The average Bonchev–Trinajstić information content (AvgIpc) is 2.85. The minimum atomic E-state index is -0.353. The molecule has 8 heteroatoms. The van der Waals surface area contributed by atoms with Crippen molar-refractivity contribution in [1.29, 1.82) is 0 Å². The van der Waals surface area contributed by atoms with Crippen LogP contribution in [-0.4, -0.2) is 50.5 Å². The Kier molecular flexibility index (Phi) is 6.79. The highest BCUT2D eigenvalue weighted by Crippen LogP contribution is 2.47. The van der Waals surface area contributed by atoms with Crippen LogP contribution in [0.4, 0.5) is 17.1 Å². The average molecular weight is 402 g/mol. The third-order valence-electron chi connectivity index (χ3n) is 4.63. The first-order valence-corrected chi connectivity index (χ1v) is 9.50. The number of aromatic nitrogens is 1. The third-order valence-corrected chi connectivity index (χ3v) is 4.63. The van der Waals surface area contributed by atoms with E-state index < -0.39 is 0 Å². The number of anilines is 2. The Bertz CT molecular complexity index is 929. The maximum atomic E-state index is 12.3. The summed E-state index contributed by atoms with van der Waals surface area (Å²) in [5.74, 6) is -0.519. The number of benzene rings is 1. The zero-order valence-corrected chi connectivity index (χ0v) is 17.8. The molecule has 1 aromatic carbocycles. The van der Waals surface area contributed by atoms with Crippen molar-refractivity contribution in [3.8, 4) is 17.5 Å². The van der Waals surface area contributed by atoms with Crippen LogP contribution in [0, 0.1) is 5.92 Å². The molecule has 0 aliphatic heterocycles. The molecule has 0 radical (unpaired) electrons. The summed E-state index contributed by atoms with van der Waals surface area (Å²) in [5.41, 5.74) is 1.48. The largest absolute Gasteiger partial charge is 0.505 e. The van der Waals surface area contributed by atoms with Crippen molar-refractivity contribution in [3.05, 3.63) is 23.8 Å². The molecular weight excluding hydrogens is 372 g/mol. The second-order valence-corrected chi connectivity index (χ2v) is 7.74. The summed E-state index contributed by atoms with van der Waals surface area (Å²) in [6.45, 7) is 6.11. The van der Waals surface area contributed by atoms with Gasteiger partial charge in [-0.25, -0.2) is 0 Å². The Morgan fingerprint density at radius 1 is 1.21 bits per heavy atom. The number of nitrogens with one attached hydrogen (secondary N) is 1. The Hall–Kier alpha value is -3.16. The molecule has 158 valence electrons. The van der Waals surface area contributed by atoms with Gasteiger partial charge >= 0.3 is 0 Å². The van der Waals surface area contributed by atoms with E-state index in [0.29, 0.717) is 5.92 Å². The van der Waals surface area contributed by atoms with Gasteiger partial charge in [0.2, 0.25) is 11.8 Å². The van der Waals surface area contributed by atoms with Crippen LogP contribution in [0.3, 0.4) is 0 Å². The number of aromatic hydroxyl groups is 3. The summed E-state index contributed by atoms with van der Waals surface area (Å²) in [6, 6.07) is 4.71. The smallest absolute Gasteiger partial charge is 0.257 e. The quantitative estimate of drug-likeness (QED) is 0.411. The maximum Gasteiger partial charge on any atom is 0.257 e. The highest BCUT2D eigenvalue weighted by molar-refractivity contribution is 5.99. The van der Waals surface area contributed by atoms with Gasteiger partial charge in [-0.2, -0.15) is 0 Å². The van der Waals surface area contributed by atoms with E-state index in [1.165, 1.54) is 22.6 Å². The van der Waals surface area contributed by atoms with Crippen LogP contribution in [0.5, 0.6) is 17.5 Å². The monoisotopic (exact) mass is 402 g/mol. The molecule has 2 aromatic rings. The van der Waals surface area contributed by atoms with Crippen molar-refractivity contribution in [2.75, 3.05) is 19.4 Å². The van der Waals surface area contributed by atoms with Gasteiger partial charge in [0, 0.05) is 26.9 Å². The highest BCUT2D eigenvalue weighted by atomic mass is 16.3. The minimum absolute atomic E-state index is 0.123. The fourth-order valence-electron chi connectivity index (χ4n) is 2.80. The normalized spacial score (nSPS) is 11.8. The molecule has 1 heterocycles. The fourth-order valence-corrected chi connectivity index (χ4v) is 2.80. The third kappa shape index (κ3) is 4.82. The van der Waals surface area contributed by atoms with E-state index in [-0.39, 0.29) is 46.0 Å². The first kappa shape index (κ1) is 22.1. The van der Waals surface area contributed by atoms with E-state index in [4.69, 9.17) is 0 Å². The Morgan fingerprint density at radius 2 is 1.86 bits per heavy atom. The number of amides is 1. The van der Waals surface area contributed by atoms with Crippen LogP contribution >= 0.6 is 0 Å². The van der Waals surface area contributed by atoms with Crippen LogP contribution < -0.4 is 5.32 Å². The van der Waals surface area contributed by atoms with Crippen molar-refractivity contribution in [1.82, 2.24) is 9.47 Å². The molecule has 29 heavy (non-hydrogen) atoms. The number of hydrogen-bond acceptors (Lipinski definition) is 6. The van der Waals surface area contributed by atoms with E-state index in [1.54, 1.807) is 26.2 Å². The number of phenolic OH excluding ortho intramolecular Hbond substituents is 1. The van der Waals surface area contributed by atoms with Gasteiger partial charge in [0.15, 0.2) is 11.4 Å². The molecule has 0 spiro atoms. The van der Waals surface area contributed by atoms with Crippen molar-refractivity contribution in [3.63, 3.8) is 0 Å². The van der Waals surface area contributed by atoms with Crippen LogP contribution in [0.2, 0.25) is 0 Å². The number of aliphatic imine (C=N–C) groups is 1. The molecule has 1 aromatic heterocycles. The number of carbonyl (C=O) groups excluding carboxylic acids is 1. The number of hydrogen-bond donors (Lipinski definition) is 4. The maximum absolute atomic E-state index is 12.3. The predicted molar refractivity (Wildman–Crippen MR) is 115 cm³/mol. The lowest BCUT2D eigenvalue weighted by Gasteiger charge is -2.15. The molecule has 4 N–H and O–H groups in total. The SMILES string of the molecule is CC(CCC(C)C)=Nc1c(Nc2cccc(C(=O)N(C)C)c2O)c(O)n(C)c1O. The Morgan fingerprint density at radius 3 is 2.45 bits per heavy atom. The summed E-state index contributed by atoms with van der Waals surface area (Å²) >= 11 is 0. The molecule has 1 amide bonds. The number of para-hydroxylation sites is 1. The fraction of sp³-hybridized carbons (Fsp3) is 0.429. The summed E-state index contributed by atoms with van der Waals surface area (Å²) in [4.78, 5) is 18.1. The number of nitrogens with zero attached hydrogens (tertiary/aromatic N) is 3. The topological polar surface area (TPSA) is 110 Å². The molecular formula is C21H30N4O4. The lowest BCUT2D eigenvalue weighted by atomic mass is 10.1. The van der Waals surface area contributed by atoms with Crippen molar-refractivity contribution >= 4 is 28.7 Å². The van der Waals surface area contributed by atoms with Crippen LogP contribution in [-0.2, 0) is 7.05 Å². The Labute approximate surface area is 171 Å². The molecule has 8 nitrogen and oxygen atoms in total.